The number of hydrogen-bond donors (Lipinski definition) is 2. The molecule has 1 saturated carbocycles. The average molecular weight is 439 g/mol. The van der Waals surface area contributed by atoms with Crippen molar-refractivity contribution in [2.45, 2.75) is 56.6 Å². The van der Waals surface area contributed by atoms with Crippen molar-refractivity contribution >= 4 is 11.9 Å². The molecule has 3 fully saturated rings. The van der Waals surface area contributed by atoms with E-state index >= 15 is 0 Å². The summed E-state index contributed by atoms with van der Waals surface area (Å²) in [6.45, 7) is 2.41. The van der Waals surface area contributed by atoms with Crippen molar-refractivity contribution < 1.29 is 32.6 Å². The van der Waals surface area contributed by atoms with Gasteiger partial charge < -0.3 is 15.2 Å². The second-order valence-corrected chi connectivity index (χ2v) is 7.98. The summed E-state index contributed by atoms with van der Waals surface area (Å²) in [5, 5.41) is 19.4. The van der Waals surface area contributed by atoms with Crippen LogP contribution in [0, 0.1) is 17.2 Å². The number of likely N-dealkylation sites (tertiary alicyclic amines) is 1. The topological polar surface area (TPSA) is 103 Å². The van der Waals surface area contributed by atoms with Crippen LogP contribution in [0.3, 0.4) is 0 Å². The Balaban J connectivity index is 0.000000339. The molecule has 10 heteroatoms. The fraction of sp³-hybridized carbons (Fsp3) is 0.571. The molecule has 2 saturated heterocycles. The molecule has 1 amide bonds. The Morgan fingerprint density at radius 3 is 2.61 bits per heavy atom. The van der Waals surface area contributed by atoms with Gasteiger partial charge in [0.05, 0.1) is 23.8 Å². The van der Waals surface area contributed by atoms with E-state index in [2.05, 4.69) is 22.4 Å². The average Bonchev–Trinajstić information content (AvgIpc) is 3.53. The van der Waals surface area contributed by atoms with E-state index in [-0.39, 0.29) is 24.0 Å². The lowest BCUT2D eigenvalue weighted by molar-refractivity contribution is -0.192. The van der Waals surface area contributed by atoms with Crippen LogP contribution >= 0.6 is 0 Å². The third kappa shape index (κ3) is 6.18. The van der Waals surface area contributed by atoms with Crippen LogP contribution in [0.15, 0.2) is 24.3 Å². The molecule has 0 bridgehead atoms. The van der Waals surface area contributed by atoms with Crippen molar-refractivity contribution in [2.75, 3.05) is 13.2 Å². The first-order valence-electron chi connectivity index (χ1n) is 10.1. The monoisotopic (exact) mass is 439 g/mol. The number of carboxylic acids is 1. The Labute approximate surface area is 177 Å². The van der Waals surface area contributed by atoms with E-state index in [1.54, 1.807) is 0 Å². The second-order valence-electron chi connectivity index (χ2n) is 7.98. The minimum absolute atomic E-state index is 0.0857. The standard InChI is InChI=1S/C19H23N3O2.C2HF3O2/c20-10-13-3-1-4-14(9-13)11-22-12-16(21-19(23)15-6-7-15)18-17(22)5-2-8-24-18;3-2(4,5)1(6)7/h1,3-4,9,15-18H,2,5-8,11-12H2,(H,21,23);(H,6,7)/t16-,17+,18+;/m0./s1. The summed E-state index contributed by atoms with van der Waals surface area (Å²) in [4.78, 5) is 23.5. The van der Waals surface area contributed by atoms with E-state index in [9.17, 15) is 18.0 Å². The third-order valence-electron chi connectivity index (χ3n) is 5.59. The van der Waals surface area contributed by atoms with E-state index in [0.717, 1.165) is 50.9 Å². The number of benzene rings is 1. The smallest absolute Gasteiger partial charge is 0.475 e. The van der Waals surface area contributed by atoms with Gasteiger partial charge in [-0.3, -0.25) is 9.69 Å². The van der Waals surface area contributed by atoms with Gasteiger partial charge in [-0.15, -0.1) is 0 Å². The lowest BCUT2D eigenvalue weighted by Gasteiger charge is -2.32. The number of aliphatic carboxylic acids is 1. The molecule has 3 atom stereocenters. The number of nitrogens with zero attached hydrogens (tertiary/aromatic N) is 2. The first-order valence-corrected chi connectivity index (χ1v) is 10.1. The SMILES string of the molecule is N#Cc1cccc(CN2C[C@H](NC(=O)C3CC3)[C@H]3OCCC[C@H]32)c1.O=C(O)C(F)(F)F. The fourth-order valence-corrected chi connectivity index (χ4v) is 3.98. The van der Waals surface area contributed by atoms with Crippen LogP contribution in [0.5, 0.6) is 0 Å². The highest BCUT2D eigenvalue weighted by Crippen LogP contribution is 2.33. The minimum Gasteiger partial charge on any atom is -0.475 e. The highest BCUT2D eigenvalue weighted by atomic mass is 19.4. The Hall–Kier alpha value is -2.64. The van der Waals surface area contributed by atoms with Gasteiger partial charge >= 0.3 is 12.1 Å². The summed E-state index contributed by atoms with van der Waals surface area (Å²) in [5.41, 5.74) is 1.84. The van der Waals surface area contributed by atoms with E-state index < -0.39 is 12.1 Å². The molecule has 1 aromatic carbocycles. The van der Waals surface area contributed by atoms with E-state index in [1.165, 1.54) is 0 Å². The molecular weight excluding hydrogens is 415 g/mol. The number of hydrogen-bond acceptors (Lipinski definition) is 5. The largest absolute Gasteiger partial charge is 0.490 e. The molecule has 1 aliphatic carbocycles. The molecule has 3 aliphatic rings. The van der Waals surface area contributed by atoms with Crippen molar-refractivity contribution in [3.8, 4) is 6.07 Å². The molecule has 31 heavy (non-hydrogen) atoms. The number of carboxylic acid groups (broad SMARTS) is 1. The van der Waals surface area contributed by atoms with Gasteiger partial charge in [0.1, 0.15) is 0 Å². The summed E-state index contributed by atoms with van der Waals surface area (Å²) in [5.74, 6) is -2.33. The lowest BCUT2D eigenvalue weighted by atomic mass is 10.0. The Kier molecular flexibility index (Phi) is 7.18. The number of nitriles is 1. The number of rotatable bonds is 4. The Bertz CT molecular complexity index is 851. The van der Waals surface area contributed by atoms with Crippen molar-refractivity contribution in [1.82, 2.24) is 10.2 Å². The molecular formula is C21H24F3N3O4. The molecule has 168 valence electrons. The highest BCUT2D eigenvalue weighted by Gasteiger charge is 2.45. The van der Waals surface area contributed by atoms with Gasteiger partial charge in [0.2, 0.25) is 5.91 Å². The lowest BCUT2D eigenvalue weighted by Crippen LogP contribution is -2.48. The number of ether oxygens (including phenoxy) is 1. The summed E-state index contributed by atoms with van der Waals surface area (Å²) in [6.07, 6.45) is -0.755. The predicted molar refractivity (Wildman–Crippen MR) is 103 cm³/mol. The molecule has 7 nitrogen and oxygen atoms in total. The van der Waals surface area contributed by atoms with Crippen molar-refractivity contribution in [3.63, 3.8) is 0 Å². The summed E-state index contributed by atoms with van der Waals surface area (Å²) >= 11 is 0. The maximum absolute atomic E-state index is 12.2. The normalized spacial score (nSPS) is 25.5. The van der Waals surface area contributed by atoms with Gasteiger partial charge in [0.15, 0.2) is 0 Å². The number of fused-ring (bicyclic) bond motifs is 1. The fourth-order valence-electron chi connectivity index (χ4n) is 3.98. The van der Waals surface area contributed by atoms with Gasteiger partial charge in [0.25, 0.3) is 0 Å². The summed E-state index contributed by atoms with van der Waals surface area (Å²) < 4.78 is 37.8. The van der Waals surface area contributed by atoms with E-state index in [4.69, 9.17) is 19.9 Å². The number of halogens is 3. The summed E-state index contributed by atoms with van der Waals surface area (Å²) in [7, 11) is 0. The molecule has 0 aromatic heterocycles. The molecule has 2 aliphatic heterocycles. The zero-order chi connectivity index (χ0) is 22.6. The van der Waals surface area contributed by atoms with Crippen LogP contribution < -0.4 is 5.32 Å². The molecule has 0 unspecified atom stereocenters. The van der Waals surface area contributed by atoms with E-state index in [1.807, 2.05) is 18.2 Å². The number of alkyl halides is 3. The Morgan fingerprint density at radius 1 is 1.29 bits per heavy atom. The molecule has 0 spiro atoms. The zero-order valence-electron chi connectivity index (χ0n) is 16.8. The third-order valence-corrected chi connectivity index (χ3v) is 5.59. The van der Waals surface area contributed by atoms with Crippen molar-refractivity contribution in [3.05, 3.63) is 35.4 Å². The van der Waals surface area contributed by atoms with Crippen LogP contribution in [0.2, 0.25) is 0 Å². The van der Waals surface area contributed by atoms with Crippen LogP contribution in [0.1, 0.15) is 36.8 Å². The molecule has 4 rings (SSSR count). The van der Waals surface area contributed by atoms with Gasteiger partial charge in [-0.2, -0.15) is 18.4 Å². The summed E-state index contributed by atoms with van der Waals surface area (Å²) in [6, 6.07) is 10.4. The minimum atomic E-state index is -5.08. The van der Waals surface area contributed by atoms with Crippen molar-refractivity contribution in [1.29, 1.82) is 5.26 Å². The first kappa shape index (κ1) is 23.0. The van der Waals surface area contributed by atoms with Crippen LogP contribution in [0.4, 0.5) is 13.2 Å². The van der Waals surface area contributed by atoms with Gasteiger partial charge in [-0.1, -0.05) is 12.1 Å². The quantitative estimate of drug-likeness (QED) is 0.747. The maximum atomic E-state index is 12.2. The van der Waals surface area contributed by atoms with Crippen LogP contribution in [0.25, 0.3) is 0 Å². The van der Waals surface area contributed by atoms with Crippen molar-refractivity contribution in [2.24, 2.45) is 5.92 Å². The number of amides is 1. The molecule has 2 N–H and O–H groups in total. The number of carbonyl (C=O) groups is 2. The van der Waals surface area contributed by atoms with Gasteiger partial charge in [-0.05, 0) is 43.4 Å². The number of carbonyl (C=O) groups excluding carboxylic acids is 1. The molecule has 1 aromatic rings. The maximum Gasteiger partial charge on any atom is 0.490 e. The Morgan fingerprint density at radius 2 is 2.00 bits per heavy atom. The molecule has 0 radical (unpaired) electrons. The molecule has 2 heterocycles. The van der Waals surface area contributed by atoms with Gasteiger partial charge in [-0.25, -0.2) is 4.79 Å². The predicted octanol–water partition coefficient (Wildman–Crippen LogP) is 2.45. The first-order chi connectivity index (χ1) is 14.7. The van der Waals surface area contributed by atoms with Gasteiger partial charge in [0, 0.05) is 31.7 Å². The van der Waals surface area contributed by atoms with Crippen LogP contribution in [-0.2, 0) is 20.9 Å². The second kappa shape index (κ2) is 9.66. The van der Waals surface area contributed by atoms with E-state index in [0.29, 0.717) is 11.6 Å². The highest BCUT2D eigenvalue weighted by molar-refractivity contribution is 5.81. The number of nitrogens with one attached hydrogen (secondary N) is 1. The van der Waals surface area contributed by atoms with Crippen LogP contribution in [-0.4, -0.2) is 59.4 Å². The zero-order valence-corrected chi connectivity index (χ0v) is 16.8.